The molecule has 3 unspecified atom stereocenters. The molecule has 0 radical (unpaired) electrons. The van der Waals surface area contributed by atoms with Crippen LogP contribution in [0.3, 0.4) is 0 Å². The number of hydrogen-bond donors (Lipinski definition) is 2. The van der Waals surface area contributed by atoms with Gasteiger partial charge in [-0.2, -0.15) is 0 Å². The maximum absolute atomic E-state index is 11.8. The van der Waals surface area contributed by atoms with E-state index in [4.69, 9.17) is 4.74 Å². The Kier molecular flexibility index (Phi) is 6.47. The van der Waals surface area contributed by atoms with Crippen molar-refractivity contribution >= 4 is 11.8 Å². The number of piperidine rings is 1. The summed E-state index contributed by atoms with van der Waals surface area (Å²) >= 11 is 0. The van der Waals surface area contributed by atoms with Crippen LogP contribution in [-0.4, -0.2) is 42.3 Å². The Hall–Kier alpha value is -1.59. The summed E-state index contributed by atoms with van der Waals surface area (Å²) in [4.78, 5) is 14.2. The van der Waals surface area contributed by atoms with Crippen LogP contribution in [0.4, 0.5) is 10.5 Å². The molecule has 1 aliphatic rings. The highest BCUT2D eigenvalue weighted by molar-refractivity contribution is 5.84. The Morgan fingerprint density at radius 3 is 2.48 bits per heavy atom. The zero-order valence-corrected chi connectivity index (χ0v) is 16.4. The third-order valence-corrected chi connectivity index (χ3v) is 4.75. The van der Waals surface area contributed by atoms with Crippen molar-refractivity contribution in [2.75, 3.05) is 18.9 Å². The predicted molar refractivity (Wildman–Crippen MR) is 103 cm³/mol. The Balaban J connectivity index is 1.87. The molecule has 1 fully saturated rings. The molecule has 1 aromatic rings. The quantitative estimate of drug-likeness (QED) is 0.858. The lowest BCUT2D eigenvalue weighted by Gasteiger charge is -2.36. The highest BCUT2D eigenvalue weighted by Crippen LogP contribution is 2.21. The minimum atomic E-state index is -0.492. The van der Waals surface area contributed by atoms with Crippen molar-refractivity contribution in [3.05, 3.63) is 29.8 Å². The highest BCUT2D eigenvalue weighted by atomic mass is 16.6. The molecule has 1 amide bonds. The number of nitrogens with one attached hydrogen (secondary N) is 2. The zero-order valence-electron chi connectivity index (χ0n) is 16.4. The minimum absolute atomic E-state index is 0.288. The fourth-order valence-corrected chi connectivity index (χ4v) is 3.17. The lowest BCUT2D eigenvalue weighted by atomic mass is 9.97. The predicted octanol–water partition coefficient (Wildman–Crippen LogP) is 4.17. The van der Waals surface area contributed by atoms with E-state index in [2.05, 4.69) is 48.6 Å². The van der Waals surface area contributed by atoms with Crippen LogP contribution >= 0.6 is 0 Å². The van der Waals surface area contributed by atoms with E-state index < -0.39 is 11.7 Å². The Morgan fingerprint density at radius 1 is 1.28 bits per heavy atom. The molecule has 2 rings (SSSR count). The van der Waals surface area contributed by atoms with Crippen LogP contribution in [0.1, 0.15) is 59.1 Å². The van der Waals surface area contributed by atoms with Crippen molar-refractivity contribution in [2.45, 2.75) is 71.2 Å². The van der Waals surface area contributed by atoms with Gasteiger partial charge in [-0.3, -0.25) is 5.32 Å². The van der Waals surface area contributed by atoms with Crippen molar-refractivity contribution in [1.82, 2.24) is 10.2 Å². The van der Waals surface area contributed by atoms with Crippen LogP contribution < -0.4 is 10.6 Å². The first-order valence-corrected chi connectivity index (χ1v) is 9.20. The van der Waals surface area contributed by atoms with Crippen molar-refractivity contribution in [3.63, 3.8) is 0 Å². The molecule has 0 saturated carbocycles. The van der Waals surface area contributed by atoms with Crippen molar-refractivity contribution in [3.8, 4) is 0 Å². The van der Waals surface area contributed by atoms with Crippen molar-refractivity contribution < 1.29 is 9.53 Å². The molecule has 2 N–H and O–H groups in total. The van der Waals surface area contributed by atoms with Gasteiger partial charge in [0.15, 0.2) is 0 Å². The average molecular weight is 348 g/mol. The van der Waals surface area contributed by atoms with E-state index in [0.717, 1.165) is 12.2 Å². The molecule has 140 valence electrons. The molecule has 0 aliphatic carbocycles. The van der Waals surface area contributed by atoms with Crippen LogP contribution in [0.25, 0.3) is 0 Å². The number of hydrogen-bond acceptors (Lipinski definition) is 4. The molecule has 5 heteroatoms. The number of amides is 1. The van der Waals surface area contributed by atoms with Crippen LogP contribution in [0, 0.1) is 0 Å². The number of carbonyl (C=O) groups is 1. The number of anilines is 1. The van der Waals surface area contributed by atoms with Crippen LogP contribution in [0.2, 0.25) is 0 Å². The van der Waals surface area contributed by atoms with E-state index in [9.17, 15) is 4.79 Å². The summed E-state index contributed by atoms with van der Waals surface area (Å²) in [5, 5.41) is 6.51. The molecule has 1 saturated heterocycles. The van der Waals surface area contributed by atoms with Gasteiger partial charge in [-0.05, 0) is 78.7 Å². The van der Waals surface area contributed by atoms with Crippen molar-refractivity contribution in [1.29, 1.82) is 0 Å². The number of carbonyl (C=O) groups excluding carboxylic acids is 1. The van der Waals surface area contributed by atoms with Crippen LogP contribution in [-0.2, 0) is 4.74 Å². The van der Waals surface area contributed by atoms with Crippen LogP contribution in [0.15, 0.2) is 24.3 Å². The number of nitrogens with zero attached hydrogens (tertiary/aromatic N) is 1. The average Bonchev–Trinajstić information content (AvgIpc) is 2.49. The van der Waals surface area contributed by atoms with E-state index in [-0.39, 0.29) is 6.04 Å². The molecule has 0 spiro atoms. The molecule has 1 aromatic carbocycles. The molecular formula is C20H33N3O2. The first kappa shape index (κ1) is 19.7. The lowest BCUT2D eigenvalue weighted by Crippen LogP contribution is -2.46. The first-order valence-electron chi connectivity index (χ1n) is 9.20. The molecule has 0 aromatic heterocycles. The van der Waals surface area contributed by atoms with Gasteiger partial charge in [-0.25, -0.2) is 4.79 Å². The topological polar surface area (TPSA) is 53.6 Å². The Bertz CT molecular complexity index is 565. The van der Waals surface area contributed by atoms with Gasteiger partial charge in [0.05, 0.1) is 0 Å². The van der Waals surface area contributed by atoms with Gasteiger partial charge in [0.25, 0.3) is 0 Å². The maximum Gasteiger partial charge on any atom is 0.412 e. The zero-order chi connectivity index (χ0) is 18.6. The van der Waals surface area contributed by atoms with E-state index >= 15 is 0 Å². The lowest BCUT2D eigenvalue weighted by molar-refractivity contribution is 0.0636. The number of likely N-dealkylation sites (tertiary alicyclic amines) is 1. The largest absolute Gasteiger partial charge is 0.444 e. The van der Waals surface area contributed by atoms with Gasteiger partial charge < -0.3 is 15.0 Å². The molecule has 3 atom stereocenters. The van der Waals surface area contributed by atoms with Gasteiger partial charge in [0.2, 0.25) is 0 Å². The number of benzene rings is 1. The second-order valence-corrected chi connectivity index (χ2v) is 8.19. The SMILES string of the molecule is CC(NC1CCN(C)C(C)C1)c1ccc(NC(=O)OC(C)(C)C)cc1. The van der Waals surface area contributed by atoms with Gasteiger partial charge in [-0.1, -0.05) is 12.1 Å². The normalized spacial score (nSPS) is 23.1. The molecule has 0 bridgehead atoms. The Labute approximate surface area is 152 Å². The maximum atomic E-state index is 11.8. The van der Waals surface area contributed by atoms with Gasteiger partial charge >= 0.3 is 6.09 Å². The third-order valence-electron chi connectivity index (χ3n) is 4.75. The highest BCUT2D eigenvalue weighted by Gasteiger charge is 2.24. The first-order chi connectivity index (χ1) is 11.6. The summed E-state index contributed by atoms with van der Waals surface area (Å²) in [6.07, 6.45) is 1.94. The standard InChI is InChI=1S/C20H33N3O2/c1-14-13-18(11-12-23(14)6)21-15(2)16-7-9-17(10-8-16)22-19(24)25-20(3,4)5/h7-10,14-15,18,21H,11-13H2,1-6H3,(H,22,24). The summed E-state index contributed by atoms with van der Waals surface area (Å²) in [6.45, 7) is 11.2. The second kappa shape index (κ2) is 8.19. The summed E-state index contributed by atoms with van der Waals surface area (Å²) in [6, 6.07) is 9.44. The van der Waals surface area contributed by atoms with E-state index in [1.54, 1.807) is 0 Å². The van der Waals surface area contributed by atoms with Gasteiger partial charge in [0.1, 0.15) is 5.60 Å². The summed E-state index contributed by atoms with van der Waals surface area (Å²) in [5.74, 6) is 0. The Morgan fingerprint density at radius 2 is 1.92 bits per heavy atom. The van der Waals surface area contributed by atoms with Crippen LogP contribution in [0.5, 0.6) is 0 Å². The van der Waals surface area contributed by atoms with Crippen molar-refractivity contribution in [2.24, 2.45) is 0 Å². The molecule has 25 heavy (non-hydrogen) atoms. The fraction of sp³-hybridized carbons (Fsp3) is 0.650. The number of ether oxygens (including phenoxy) is 1. The minimum Gasteiger partial charge on any atom is -0.444 e. The molecule has 5 nitrogen and oxygen atoms in total. The summed E-state index contributed by atoms with van der Waals surface area (Å²) in [7, 11) is 2.20. The van der Waals surface area contributed by atoms with Gasteiger partial charge in [0, 0.05) is 23.8 Å². The van der Waals surface area contributed by atoms with E-state index in [1.807, 2.05) is 32.9 Å². The molecular weight excluding hydrogens is 314 g/mol. The number of rotatable bonds is 4. The van der Waals surface area contributed by atoms with E-state index in [0.29, 0.717) is 12.1 Å². The molecule has 1 aliphatic heterocycles. The summed E-state index contributed by atoms with van der Waals surface area (Å²) in [5.41, 5.74) is 1.48. The summed E-state index contributed by atoms with van der Waals surface area (Å²) < 4.78 is 5.27. The molecule has 1 heterocycles. The van der Waals surface area contributed by atoms with E-state index in [1.165, 1.54) is 18.4 Å². The fourth-order valence-electron chi connectivity index (χ4n) is 3.17. The monoisotopic (exact) mass is 347 g/mol. The third kappa shape index (κ3) is 6.33. The second-order valence-electron chi connectivity index (χ2n) is 8.19. The van der Waals surface area contributed by atoms with Gasteiger partial charge in [-0.15, -0.1) is 0 Å². The smallest absolute Gasteiger partial charge is 0.412 e.